The van der Waals surface area contributed by atoms with Crippen LogP contribution in [0.5, 0.6) is 0 Å². The number of carbonyl (C=O) groups is 1. The summed E-state index contributed by atoms with van der Waals surface area (Å²) in [5, 5.41) is 0. The first-order valence-electron chi connectivity index (χ1n) is 9.26. The number of nitrogens with one attached hydrogen (secondary N) is 1. The van der Waals surface area contributed by atoms with Crippen LogP contribution in [-0.4, -0.2) is 26.3 Å². The van der Waals surface area contributed by atoms with E-state index in [9.17, 15) is 30.8 Å². The minimum atomic E-state index is -4.45. The van der Waals surface area contributed by atoms with Gasteiger partial charge in [-0.05, 0) is 60.2 Å². The number of carbonyl (C=O) groups excluding carboxylic acids is 1. The van der Waals surface area contributed by atoms with Gasteiger partial charge in [-0.1, -0.05) is 18.2 Å². The third-order valence-corrected chi connectivity index (χ3v) is 5.91. The molecule has 168 valence electrons. The van der Waals surface area contributed by atoms with Crippen molar-refractivity contribution in [3.05, 3.63) is 95.3 Å². The zero-order chi connectivity index (χ0) is 23.5. The Balaban J connectivity index is 1.74. The van der Waals surface area contributed by atoms with Gasteiger partial charge in [0.25, 0.3) is 15.9 Å². The van der Waals surface area contributed by atoms with E-state index in [1.165, 1.54) is 60.5 Å². The minimum absolute atomic E-state index is 0.0295. The van der Waals surface area contributed by atoms with Gasteiger partial charge in [0.05, 0.1) is 10.5 Å². The molecule has 0 heterocycles. The lowest BCUT2D eigenvalue weighted by Crippen LogP contribution is -2.26. The van der Waals surface area contributed by atoms with Crippen LogP contribution in [0, 0.1) is 5.82 Å². The van der Waals surface area contributed by atoms with E-state index < -0.39 is 33.5 Å². The molecule has 5 nitrogen and oxygen atoms in total. The number of halogens is 4. The molecule has 0 atom stereocenters. The van der Waals surface area contributed by atoms with Crippen molar-refractivity contribution in [2.24, 2.45) is 0 Å². The van der Waals surface area contributed by atoms with E-state index in [-0.39, 0.29) is 22.7 Å². The van der Waals surface area contributed by atoms with E-state index in [2.05, 4.69) is 4.72 Å². The lowest BCUT2D eigenvalue weighted by atomic mass is 10.1. The number of nitrogens with zero attached hydrogens (tertiary/aromatic N) is 1. The third kappa shape index (κ3) is 5.64. The van der Waals surface area contributed by atoms with Crippen LogP contribution in [0.2, 0.25) is 0 Å². The maximum atomic E-state index is 13.0. The van der Waals surface area contributed by atoms with Gasteiger partial charge in [0, 0.05) is 24.8 Å². The van der Waals surface area contributed by atoms with Gasteiger partial charge in [0.2, 0.25) is 0 Å². The van der Waals surface area contributed by atoms with Crippen molar-refractivity contribution < 1.29 is 30.8 Å². The Bertz CT molecular complexity index is 1210. The number of hydrogen-bond donors (Lipinski definition) is 1. The topological polar surface area (TPSA) is 66.5 Å². The first-order chi connectivity index (χ1) is 15.0. The van der Waals surface area contributed by atoms with E-state index >= 15 is 0 Å². The normalized spacial score (nSPS) is 11.8. The van der Waals surface area contributed by atoms with Gasteiger partial charge in [-0.2, -0.15) is 13.2 Å². The average Bonchev–Trinajstić information content (AvgIpc) is 2.74. The van der Waals surface area contributed by atoms with Gasteiger partial charge in [0.15, 0.2) is 0 Å². The highest BCUT2D eigenvalue weighted by Crippen LogP contribution is 2.29. The lowest BCUT2D eigenvalue weighted by Gasteiger charge is -2.18. The van der Waals surface area contributed by atoms with Crippen molar-refractivity contribution in [2.45, 2.75) is 17.6 Å². The standard InChI is InChI=1S/C22H18F4N2O3S/c1-28(14-15-5-7-17(8-6-15)22(24,25)26)21(29)16-3-2-4-20(13-16)32(30,31)27-19-11-9-18(23)10-12-19/h2-13,27H,14H2,1H3. The summed E-state index contributed by atoms with van der Waals surface area (Å²) in [6.07, 6.45) is -4.45. The number of amides is 1. The SMILES string of the molecule is CN(Cc1ccc(C(F)(F)F)cc1)C(=O)c1cccc(S(=O)(=O)Nc2ccc(F)cc2)c1. The van der Waals surface area contributed by atoms with Gasteiger partial charge in [0.1, 0.15) is 5.82 Å². The quantitative estimate of drug-likeness (QED) is 0.525. The number of benzene rings is 3. The van der Waals surface area contributed by atoms with Crippen molar-refractivity contribution in [1.82, 2.24) is 4.90 Å². The van der Waals surface area contributed by atoms with E-state index in [0.29, 0.717) is 5.56 Å². The van der Waals surface area contributed by atoms with Gasteiger partial charge in [-0.15, -0.1) is 0 Å². The highest BCUT2D eigenvalue weighted by Gasteiger charge is 2.30. The molecule has 10 heteroatoms. The number of alkyl halides is 3. The molecule has 0 saturated heterocycles. The van der Waals surface area contributed by atoms with E-state index in [1.54, 1.807) is 0 Å². The molecule has 0 bridgehead atoms. The van der Waals surface area contributed by atoms with Crippen molar-refractivity contribution >= 4 is 21.6 Å². The molecule has 0 radical (unpaired) electrons. The Morgan fingerprint density at radius 2 is 1.59 bits per heavy atom. The largest absolute Gasteiger partial charge is 0.416 e. The van der Waals surface area contributed by atoms with Crippen LogP contribution >= 0.6 is 0 Å². The summed E-state index contributed by atoms with van der Waals surface area (Å²) in [4.78, 5) is 13.8. The molecule has 0 saturated carbocycles. The molecule has 0 aromatic heterocycles. The summed E-state index contributed by atoms with van der Waals surface area (Å²) in [6.45, 7) is 0.0295. The Kier molecular flexibility index (Phi) is 6.54. The van der Waals surface area contributed by atoms with E-state index in [4.69, 9.17) is 0 Å². The van der Waals surface area contributed by atoms with Gasteiger partial charge < -0.3 is 4.90 Å². The molecule has 0 aliphatic rings. The Morgan fingerprint density at radius 1 is 0.969 bits per heavy atom. The molecular formula is C22H18F4N2O3S. The van der Waals surface area contributed by atoms with Crippen molar-refractivity contribution in [1.29, 1.82) is 0 Å². The molecule has 0 unspecified atom stereocenters. The van der Waals surface area contributed by atoms with Crippen LogP contribution < -0.4 is 4.72 Å². The number of rotatable bonds is 6. The summed E-state index contributed by atoms with van der Waals surface area (Å²) in [5.74, 6) is -1.03. The fourth-order valence-electron chi connectivity index (χ4n) is 2.89. The van der Waals surface area contributed by atoms with Gasteiger partial charge >= 0.3 is 6.18 Å². The molecule has 0 aliphatic heterocycles. The molecule has 3 aromatic rings. The lowest BCUT2D eigenvalue weighted by molar-refractivity contribution is -0.137. The third-order valence-electron chi connectivity index (χ3n) is 4.54. The van der Waals surface area contributed by atoms with E-state index in [0.717, 1.165) is 24.3 Å². The maximum Gasteiger partial charge on any atom is 0.416 e. The van der Waals surface area contributed by atoms with Crippen LogP contribution in [-0.2, 0) is 22.7 Å². The molecular weight excluding hydrogens is 448 g/mol. The van der Waals surface area contributed by atoms with E-state index in [1.807, 2.05) is 0 Å². The molecule has 3 aromatic carbocycles. The predicted molar refractivity (Wildman–Crippen MR) is 111 cm³/mol. The average molecular weight is 466 g/mol. The Labute approximate surface area is 182 Å². The zero-order valence-corrected chi connectivity index (χ0v) is 17.5. The van der Waals surface area contributed by atoms with Gasteiger partial charge in [-0.3, -0.25) is 9.52 Å². The molecule has 3 rings (SSSR count). The highest BCUT2D eigenvalue weighted by molar-refractivity contribution is 7.92. The van der Waals surface area contributed by atoms with Crippen molar-refractivity contribution in [3.63, 3.8) is 0 Å². The van der Waals surface area contributed by atoms with Crippen LogP contribution in [0.1, 0.15) is 21.5 Å². The fraction of sp³-hybridized carbons (Fsp3) is 0.136. The molecule has 0 fully saturated rings. The van der Waals surface area contributed by atoms with Crippen LogP contribution in [0.15, 0.2) is 77.7 Å². The Hall–Kier alpha value is -3.40. The van der Waals surface area contributed by atoms with Crippen LogP contribution in [0.25, 0.3) is 0 Å². The van der Waals surface area contributed by atoms with Crippen molar-refractivity contribution in [3.8, 4) is 0 Å². The fourth-order valence-corrected chi connectivity index (χ4v) is 4.00. The zero-order valence-electron chi connectivity index (χ0n) is 16.7. The second-order valence-corrected chi connectivity index (χ2v) is 8.68. The molecule has 1 amide bonds. The van der Waals surface area contributed by atoms with Crippen LogP contribution in [0.4, 0.5) is 23.2 Å². The smallest absolute Gasteiger partial charge is 0.337 e. The summed E-state index contributed by atoms with van der Waals surface area (Å²) in [5.41, 5.74) is -0.0682. The van der Waals surface area contributed by atoms with Gasteiger partial charge in [-0.25, -0.2) is 12.8 Å². The monoisotopic (exact) mass is 466 g/mol. The van der Waals surface area contributed by atoms with Crippen molar-refractivity contribution in [2.75, 3.05) is 11.8 Å². The summed E-state index contributed by atoms with van der Waals surface area (Å²) >= 11 is 0. The maximum absolute atomic E-state index is 13.0. The number of hydrogen-bond acceptors (Lipinski definition) is 3. The number of sulfonamides is 1. The molecule has 0 spiro atoms. The Morgan fingerprint density at radius 3 is 2.19 bits per heavy atom. The highest BCUT2D eigenvalue weighted by atomic mass is 32.2. The molecule has 0 aliphatic carbocycles. The van der Waals surface area contributed by atoms with Crippen LogP contribution in [0.3, 0.4) is 0 Å². The second kappa shape index (κ2) is 8.99. The summed E-state index contributed by atoms with van der Waals surface area (Å²) in [7, 11) is -2.58. The summed E-state index contributed by atoms with van der Waals surface area (Å²) < 4.78 is 78.6. The molecule has 32 heavy (non-hydrogen) atoms. The number of anilines is 1. The second-order valence-electron chi connectivity index (χ2n) is 7.00. The molecule has 1 N–H and O–H groups in total. The predicted octanol–water partition coefficient (Wildman–Crippen LogP) is 4.92. The first-order valence-corrected chi connectivity index (χ1v) is 10.7. The summed E-state index contributed by atoms with van der Waals surface area (Å²) in [6, 6.07) is 14.5. The minimum Gasteiger partial charge on any atom is -0.337 e. The first kappa shape index (κ1) is 23.3.